The molecule has 0 unspecified atom stereocenters. The van der Waals surface area contributed by atoms with Gasteiger partial charge in [-0.1, -0.05) is 12.1 Å². The summed E-state index contributed by atoms with van der Waals surface area (Å²) in [4.78, 5) is 33.0. The Balaban J connectivity index is 2.38. The summed E-state index contributed by atoms with van der Waals surface area (Å²) in [6.45, 7) is 0.239. The fourth-order valence-electron chi connectivity index (χ4n) is 1.47. The number of rotatable bonds is 6. The van der Waals surface area contributed by atoms with Crippen molar-refractivity contribution >= 4 is 23.6 Å². The number of carbonyl (C=O) groups is 3. The summed E-state index contributed by atoms with van der Waals surface area (Å²) in [5.74, 6) is -1.05. The van der Waals surface area contributed by atoms with Gasteiger partial charge in [0.25, 0.3) is 0 Å². The average Bonchev–Trinajstić information content (AvgIpc) is 2.40. The molecule has 1 aromatic carbocycles. The van der Waals surface area contributed by atoms with E-state index in [4.69, 9.17) is 5.11 Å². The van der Waals surface area contributed by atoms with Crippen LogP contribution in [-0.4, -0.2) is 36.6 Å². The van der Waals surface area contributed by atoms with Crippen molar-refractivity contribution in [1.29, 1.82) is 0 Å². The summed E-state index contributed by atoms with van der Waals surface area (Å²) in [6.07, 6.45) is 0.153. The number of amides is 3. The predicted molar refractivity (Wildman–Crippen MR) is 73.5 cm³/mol. The quantitative estimate of drug-likeness (QED) is 0.610. The summed E-state index contributed by atoms with van der Waals surface area (Å²) in [5.41, 5.74) is 1.21. The van der Waals surface area contributed by atoms with E-state index in [0.717, 1.165) is 0 Å². The number of nitrogens with one attached hydrogen (secondary N) is 3. The Bertz CT molecular complexity index is 485. The maximum Gasteiger partial charge on any atom is 0.319 e. The molecule has 3 amide bonds. The van der Waals surface area contributed by atoms with Gasteiger partial charge in [0.1, 0.15) is 0 Å². The molecule has 0 aliphatic rings. The Hall–Kier alpha value is -2.57. The van der Waals surface area contributed by atoms with Crippen LogP contribution < -0.4 is 16.0 Å². The number of carbonyl (C=O) groups excluding carboxylic acids is 2. The zero-order valence-corrected chi connectivity index (χ0v) is 11.1. The van der Waals surface area contributed by atoms with E-state index < -0.39 is 12.0 Å². The van der Waals surface area contributed by atoms with Crippen LogP contribution in [-0.2, 0) is 16.0 Å². The number of carboxylic acid groups (broad SMARTS) is 1. The van der Waals surface area contributed by atoms with Crippen LogP contribution in [0.5, 0.6) is 0 Å². The maximum atomic E-state index is 11.5. The molecule has 0 bridgehead atoms. The molecular formula is C13H17N3O4. The van der Waals surface area contributed by atoms with Crippen LogP contribution in [0.4, 0.5) is 10.5 Å². The normalized spacial score (nSPS) is 9.65. The maximum absolute atomic E-state index is 11.5. The Morgan fingerprint density at radius 2 is 1.80 bits per heavy atom. The minimum absolute atomic E-state index is 0.0569. The molecule has 0 atom stereocenters. The minimum Gasteiger partial charge on any atom is -0.481 e. The van der Waals surface area contributed by atoms with Crippen molar-refractivity contribution in [2.75, 3.05) is 18.9 Å². The number of urea groups is 1. The smallest absolute Gasteiger partial charge is 0.319 e. The molecule has 7 heteroatoms. The van der Waals surface area contributed by atoms with E-state index in [-0.39, 0.29) is 25.3 Å². The lowest BCUT2D eigenvalue weighted by atomic mass is 10.1. The summed E-state index contributed by atoms with van der Waals surface area (Å²) < 4.78 is 0. The molecule has 0 aliphatic carbocycles. The predicted octanol–water partition coefficient (Wildman–Crippen LogP) is 0.571. The van der Waals surface area contributed by atoms with Gasteiger partial charge < -0.3 is 21.1 Å². The van der Waals surface area contributed by atoms with Gasteiger partial charge in [-0.3, -0.25) is 9.59 Å². The Labute approximate surface area is 116 Å². The first-order chi connectivity index (χ1) is 9.51. The van der Waals surface area contributed by atoms with Gasteiger partial charge in [-0.05, 0) is 17.7 Å². The van der Waals surface area contributed by atoms with Crippen molar-refractivity contribution in [3.05, 3.63) is 29.8 Å². The van der Waals surface area contributed by atoms with Crippen molar-refractivity contribution in [3.8, 4) is 0 Å². The lowest BCUT2D eigenvalue weighted by Crippen LogP contribution is -2.32. The summed E-state index contributed by atoms with van der Waals surface area (Å²) >= 11 is 0. The highest BCUT2D eigenvalue weighted by Crippen LogP contribution is 2.09. The van der Waals surface area contributed by atoms with Crippen LogP contribution >= 0.6 is 0 Å². The first-order valence-corrected chi connectivity index (χ1v) is 6.07. The Kier molecular flexibility index (Phi) is 6.02. The molecule has 0 aliphatic heterocycles. The zero-order chi connectivity index (χ0) is 15.0. The number of hydrogen-bond acceptors (Lipinski definition) is 3. The van der Waals surface area contributed by atoms with Crippen LogP contribution in [0.1, 0.15) is 12.0 Å². The van der Waals surface area contributed by atoms with Crippen molar-refractivity contribution in [3.63, 3.8) is 0 Å². The van der Waals surface area contributed by atoms with Crippen molar-refractivity contribution < 1.29 is 19.5 Å². The second-order valence-corrected chi connectivity index (χ2v) is 4.07. The number of benzene rings is 1. The van der Waals surface area contributed by atoms with Crippen molar-refractivity contribution in [1.82, 2.24) is 10.6 Å². The highest BCUT2D eigenvalue weighted by Gasteiger charge is 2.04. The van der Waals surface area contributed by atoms with Crippen LogP contribution in [0.3, 0.4) is 0 Å². The van der Waals surface area contributed by atoms with Gasteiger partial charge >= 0.3 is 12.0 Å². The van der Waals surface area contributed by atoms with E-state index >= 15 is 0 Å². The molecule has 0 fully saturated rings. The topological polar surface area (TPSA) is 108 Å². The Morgan fingerprint density at radius 1 is 1.15 bits per heavy atom. The molecule has 1 rings (SSSR count). The molecule has 0 heterocycles. The molecule has 108 valence electrons. The molecule has 4 N–H and O–H groups in total. The molecule has 20 heavy (non-hydrogen) atoms. The summed E-state index contributed by atoms with van der Waals surface area (Å²) in [7, 11) is 1.53. The zero-order valence-electron chi connectivity index (χ0n) is 11.1. The highest BCUT2D eigenvalue weighted by molar-refractivity contribution is 5.89. The van der Waals surface area contributed by atoms with Gasteiger partial charge in [0.05, 0.1) is 6.42 Å². The van der Waals surface area contributed by atoms with E-state index in [9.17, 15) is 14.4 Å². The molecule has 0 aromatic heterocycles. The van der Waals surface area contributed by atoms with E-state index in [1.807, 2.05) is 0 Å². The molecule has 7 nitrogen and oxygen atoms in total. The lowest BCUT2D eigenvalue weighted by molar-refractivity contribution is -0.136. The van der Waals surface area contributed by atoms with E-state index in [0.29, 0.717) is 11.3 Å². The van der Waals surface area contributed by atoms with Crippen LogP contribution in [0.2, 0.25) is 0 Å². The summed E-state index contributed by atoms with van der Waals surface area (Å²) in [5, 5.41) is 16.2. The van der Waals surface area contributed by atoms with Gasteiger partial charge in [0.15, 0.2) is 0 Å². The van der Waals surface area contributed by atoms with E-state index in [1.54, 1.807) is 24.3 Å². The fraction of sp³-hybridized carbons (Fsp3) is 0.308. The van der Waals surface area contributed by atoms with Crippen molar-refractivity contribution in [2.24, 2.45) is 0 Å². The van der Waals surface area contributed by atoms with Crippen molar-refractivity contribution in [2.45, 2.75) is 12.8 Å². The number of hydrogen-bond donors (Lipinski definition) is 4. The first kappa shape index (κ1) is 15.5. The molecular weight excluding hydrogens is 262 g/mol. The van der Waals surface area contributed by atoms with Gasteiger partial charge in [0, 0.05) is 25.7 Å². The van der Waals surface area contributed by atoms with E-state index in [1.165, 1.54) is 7.05 Å². The molecule has 0 saturated heterocycles. The third-order valence-electron chi connectivity index (χ3n) is 2.48. The van der Waals surface area contributed by atoms with Gasteiger partial charge in [-0.2, -0.15) is 0 Å². The van der Waals surface area contributed by atoms with Gasteiger partial charge in [-0.15, -0.1) is 0 Å². The number of anilines is 1. The summed E-state index contributed by atoms with van der Waals surface area (Å²) in [6, 6.07) is 6.09. The monoisotopic (exact) mass is 279 g/mol. The van der Waals surface area contributed by atoms with Crippen LogP contribution in [0, 0.1) is 0 Å². The average molecular weight is 279 g/mol. The molecule has 0 spiro atoms. The van der Waals surface area contributed by atoms with Crippen LogP contribution in [0.25, 0.3) is 0 Å². The largest absolute Gasteiger partial charge is 0.481 e. The second kappa shape index (κ2) is 7.78. The number of aliphatic carboxylic acids is 1. The van der Waals surface area contributed by atoms with E-state index in [2.05, 4.69) is 16.0 Å². The van der Waals surface area contributed by atoms with Crippen LogP contribution in [0.15, 0.2) is 24.3 Å². The first-order valence-electron chi connectivity index (χ1n) is 6.07. The highest BCUT2D eigenvalue weighted by atomic mass is 16.4. The molecule has 1 aromatic rings. The van der Waals surface area contributed by atoms with Gasteiger partial charge in [0.2, 0.25) is 5.91 Å². The molecule has 0 saturated carbocycles. The number of carboxylic acids is 1. The lowest BCUT2D eigenvalue weighted by Gasteiger charge is -2.07. The SMILES string of the molecule is CNC(=O)CCNC(=O)Nc1ccc(CC(=O)O)cc1. The minimum atomic E-state index is -0.905. The second-order valence-electron chi connectivity index (χ2n) is 4.07. The molecule has 0 radical (unpaired) electrons. The fourth-order valence-corrected chi connectivity index (χ4v) is 1.47. The third kappa shape index (κ3) is 5.85. The standard InChI is InChI=1S/C13H17N3O4/c1-14-11(17)6-7-15-13(20)16-10-4-2-9(3-5-10)8-12(18)19/h2-5H,6-8H2,1H3,(H,14,17)(H,18,19)(H2,15,16,20). The Morgan fingerprint density at radius 3 is 2.35 bits per heavy atom. The third-order valence-corrected chi connectivity index (χ3v) is 2.48. The van der Waals surface area contributed by atoms with Gasteiger partial charge in [-0.25, -0.2) is 4.79 Å².